The van der Waals surface area contributed by atoms with Crippen LogP contribution in [0.5, 0.6) is 5.75 Å². The third kappa shape index (κ3) is 6.95. The summed E-state index contributed by atoms with van der Waals surface area (Å²) >= 11 is 3.35. The maximum Gasteiger partial charge on any atom is 0.228 e. The van der Waals surface area contributed by atoms with Gasteiger partial charge in [0.05, 0.1) is 16.8 Å². The number of carbonyl (C=O) groups is 1. The largest absolute Gasteiger partial charge is 0.494 e. The molecule has 0 spiro atoms. The Morgan fingerprint density at radius 1 is 1.13 bits per heavy atom. The normalized spacial score (nSPS) is 11.3. The van der Waals surface area contributed by atoms with E-state index in [1.807, 2.05) is 44.1 Å². The van der Waals surface area contributed by atoms with Crippen LogP contribution in [-0.4, -0.2) is 55.3 Å². The van der Waals surface area contributed by atoms with Gasteiger partial charge < -0.3 is 9.64 Å². The number of amides is 1. The maximum atomic E-state index is 13.1. The molecule has 0 bridgehead atoms. The Labute approximate surface area is 193 Å². The first-order chi connectivity index (χ1) is 15.0. The van der Waals surface area contributed by atoms with Gasteiger partial charge in [-0.1, -0.05) is 29.0 Å². The van der Waals surface area contributed by atoms with Gasteiger partial charge >= 0.3 is 0 Å². The molecule has 1 heterocycles. The molecule has 166 valence electrons. The van der Waals surface area contributed by atoms with E-state index in [9.17, 15) is 4.79 Å². The van der Waals surface area contributed by atoms with Crippen molar-refractivity contribution in [2.24, 2.45) is 0 Å². The second-order valence-electron chi connectivity index (χ2n) is 7.67. The van der Waals surface area contributed by atoms with Crippen molar-refractivity contribution in [3.8, 4) is 5.75 Å². The summed E-state index contributed by atoms with van der Waals surface area (Å²) in [7, 11) is 4.04. The molecule has 0 unspecified atom stereocenters. The van der Waals surface area contributed by atoms with Gasteiger partial charge in [0, 0.05) is 24.4 Å². The lowest BCUT2D eigenvalue weighted by atomic mass is 10.2. The minimum absolute atomic E-state index is 0.135. The Kier molecular flexibility index (Phi) is 8.75. The number of aromatic nitrogens is 1. The van der Waals surface area contributed by atoms with Crippen molar-refractivity contribution in [2.45, 2.75) is 31.6 Å². The van der Waals surface area contributed by atoms with E-state index < -0.39 is 0 Å². The van der Waals surface area contributed by atoms with Gasteiger partial charge in [-0.05, 0) is 70.4 Å². The quantitative estimate of drug-likeness (QED) is 0.282. The summed E-state index contributed by atoms with van der Waals surface area (Å²) in [6.07, 6.45) is 1.36. The van der Waals surface area contributed by atoms with Crippen molar-refractivity contribution in [1.82, 2.24) is 9.88 Å². The molecular weight excluding hydrogens is 426 g/mol. The predicted molar refractivity (Wildman–Crippen MR) is 133 cm³/mol. The fourth-order valence-electron chi connectivity index (χ4n) is 3.07. The highest BCUT2D eigenvalue weighted by molar-refractivity contribution is 7.99. The lowest BCUT2D eigenvalue weighted by Crippen LogP contribution is -2.36. The van der Waals surface area contributed by atoms with Crippen LogP contribution in [0.2, 0.25) is 0 Å². The Morgan fingerprint density at radius 3 is 2.61 bits per heavy atom. The monoisotopic (exact) mass is 457 g/mol. The first-order valence-electron chi connectivity index (χ1n) is 10.6. The second kappa shape index (κ2) is 11.5. The van der Waals surface area contributed by atoms with Crippen LogP contribution < -0.4 is 9.64 Å². The van der Waals surface area contributed by atoms with Crippen molar-refractivity contribution in [2.75, 3.05) is 44.4 Å². The molecule has 0 aliphatic rings. The average Bonchev–Trinajstić information content (AvgIpc) is 3.15. The summed E-state index contributed by atoms with van der Waals surface area (Å²) in [5.74, 6) is 1.90. The third-order valence-electron chi connectivity index (χ3n) is 4.79. The molecule has 3 aromatic rings. The van der Waals surface area contributed by atoms with Gasteiger partial charge in [0.2, 0.25) is 5.91 Å². The number of likely N-dealkylation sites (N-methyl/N-ethyl adjacent to an activating group) is 1. The topological polar surface area (TPSA) is 45.7 Å². The molecule has 5 nitrogen and oxygen atoms in total. The van der Waals surface area contributed by atoms with E-state index in [0.717, 1.165) is 39.8 Å². The number of fused-ring (bicyclic) bond motifs is 1. The number of aryl methyl sites for hydroxylation is 1. The van der Waals surface area contributed by atoms with Gasteiger partial charge in [-0.25, -0.2) is 4.98 Å². The SMILES string of the molecule is CCOc1ccc2nc(N(CCN(C)C)C(=O)CCCSc3ccc(C)cc3)sc2c1. The van der Waals surface area contributed by atoms with Crippen LogP contribution in [0.15, 0.2) is 47.4 Å². The molecule has 0 saturated heterocycles. The molecule has 3 rings (SSSR count). The molecular formula is C24H31N3O2S2. The lowest BCUT2D eigenvalue weighted by Gasteiger charge is -2.22. The van der Waals surface area contributed by atoms with Crippen LogP contribution in [0.3, 0.4) is 0 Å². The van der Waals surface area contributed by atoms with E-state index >= 15 is 0 Å². The van der Waals surface area contributed by atoms with Crippen molar-refractivity contribution >= 4 is 44.4 Å². The highest BCUT2D eigenvalue weighted by atomic mass is 32.2. The first kappa shape index (κ1) is 23.6. The van der Waals surface area contributed by atoms with Gasteiger partial charge in [0.1, 0.15) is 5.75 Å². The van der Waals surface area contributed by atoms with Crippen LogP contribution in [-0.2, 0) is 4.79 Å². The third-order valence-corrected chi connectivity index (χ3v) is 6.93. The lowest BCUT2D eigenvalue weighted by molar-refractivity contribution is -0.118. The molecule has 1 aromatic heterocycles. The number of thiazole rings is 1. The van der Waals surface area contributed by atoms with Crippen molar-refractivity contribution in [1.29, 1.82) is 0 Å². The number of thioether (sulfide) groups is 1. The van der Waals surface area contributed by atoms with Crippen LogP contribution in [0, 0.1) is 6.92 Å². The summed E-state index contributed by atoms with van der Waals surface area (Å²) in [5.41, 5.74) is 2.17. The summed E-state index contributed by atoms with van der Waals surface area (Å²) in [5, 5.41) is 0.765. The predicted octanol–water partition coefficient (Wildman–Crippen LogP) is 5.47. The number of hydrogen-bond acceptors (Lipinski definition) is 6. The zero-order valence-corrected chi connectivity index (χ0v) is 20.4. The summed E-state index contributed by atoms with van der Waals surface area (Å²) in [4.78, 5) is 23.0. The van der Waals surface area contributed by atoms with Crippen molar-refractivity contribution in [3.05, 3.63) is 48.0 Å². The molecule has 0 radical (unpaired) electrons. The Balaban J connectivity index is 1.65. The average molecular weight is 458 g/mol. The molecule has 0 fully saturated rings. The van der Waals surface area contributed by atoms with Crippen LogP contribution >= 0.6 is 23.1 Å². The van der Waals surface area contributed by atoms with Gasteiger partial charge in [0.25, 0.3) is 0 Å². The maximum absolute atomic E-state index is 13.1. The van der Waals surface area contributed by atoms with Crippen molar-refractivity contribution < 1.29 is 9.53 Å². The van der Waals surface area contributed by atoms with Crippen LogP contribution in [0.25, 0.3) is 10.2 Å². The van der Waals surface area contributed by atoms with Gasteiger partial charge in [-0.2, -0.15) is 0 Å². The number of benzene rings is 2. The second-order valence-corrected chi connectivity index (χ2v) is 9.85. The number of nitrogens with zero attached hydrogens (tertiary/aromatic N) is 3. The fraction of sp³-hybridized carbons (Fsp3) is 0.417. The minimum atomic E-state index is 0.135. The van der Waals surface area contributed by atoms with Crippen LogP contribution in [0.1, 0.15) is 25.3 Å². The number of rotatable bonds is 11. The fourth-order valence-corrected chi connectivity index (χ4v) is 4.96. The highest BCUT2D eigenvalue weighted by Gasteiger charge is 2.20. The Morgan fingerprint density at radius 2 is 1.90 bits per heavy atom. The molecule has 31 heavy (non-hydrogen) atoms. The smallest absolute Gasteiger partial charge is 0.228 e. The molecule has 0 aliphatic carbocycles. The molecule has 0 N–H and O–H groups in total. The van der Waals surface area contributed by atoms with Crippen LogP contribution in [0.4, 0.5) is 5.13 Å². The molecule has 2 aromatic carbocycles. The molecule has 0 atom stereocenters. The number of ether oxygens (including phenoxy) is 1. The van der Waals surface area contributed by atoms with Gasteiger partial charge in [-0.3, -0.25) is 9.69 Å². The van der Waals surface area contributed by atoms with E-state index in [-0.39, 0.29) is 5.91 Å². The molecule has 0 aliphatic heterocycles. The molecule has 7 heteroatoms. The van der Waals surface area contributed by atoms with E-state index in [2.05, 4.69) is 36.1 Å². The van der Waals surface area contributed by atoms with Crippen molar-refractivity contribution in [3.63, 3.8) is 0 Å². The minimum Gasteiger partial charge on any atom is -0.494 e. The van der Waals surface area contributed by atoms with Gasteiger partial charge in [0.15, 0.2) is 5.13 Å². The molecule has 0 saturated carbocycles. The molecule has 1 amide bonds. The first-order valence-corrected chi connectivity index (χ1v) is 12.4. The zero-order chi connectivity index (χ0) is 22.2. The summed E-state index contributed by atoms with van der Waals surface area (Å²) in [6.45, 7) is 6.13. The summed E-state index contributed by atoms with van der Waals surface area (Å²) < 4.78 is 6.65. The van der Waals surface area contributed by atoms with E-state index in [4.69, 9.17) is 9.72 Å². The number of carbonyl (C=O) groups excluding carboxylic acids is 1. The Bertz CT molecular complexity index is 986. The number of hydrogen-bond donors (Lipinski definition) is 0. The van der Waals surface area contributed by atoms with E-state index in [1.54, 1.807) is 23.1 Å². The van der Waals surface area contributed by atoms with E-state index in [1.165, 1.54) is 10.5 Å². The van der Waals surface area contributed by atoms with Gasteiger partial charge in [-0.15, -0.1) is 11.8 Å². The Hall–Kier alpha value is -2.09. The summed E-state index contributed by atoms with van der Waals surface area (Å²) in [6, 6.07) is 14.4. The highest BCUT2D eigenvalue weighted by Crippen LogP contribution is 2.32. The van der Waals surface area contributed by atoms with E-state index in [0.29, 0.717) is 19.6 Å². The zero-order valence-electron chi connectivity index (χ0n) is 18.8. The standard InChI is InChI=1S/C24H31N3O2S2/c1-5-29-19-10-13-21-22(17-19)31-24(25-21)27(15-14-26(3)4)23(28)7-6-16-30-20-11-8-18(2)9-12-20/h8-13,17H,5-7,14-16H2,1-4H3. The number of anilines is 1.